The number of benzene rings is 2. The largest absolute Gasteiger partial charge is 0.497 e. The Morgan fingerprint density at radius 3 is 2.38 bits per heavy atom. The molecule has 0 heterocycles. The van der Waals surface area contributed by atoms with Gasteiger partial charge in [-0.25, -0.2) is 12.7 Å². The van der Waals surface area contributed by atoms with Crippen molar-refractivity contribution >= 4 is 27.5 Å². The molecule has 8 nitrogen and oxygen atoms in total. The summed E-state index contributed by atoms with van der Waals surface area (Å²) >= 11 is 6.00. The van der Waals surface area contributed by atoms with Gasteiger partial charge >= 0.3 is 0 Å². The molecule has 0 fully saturated rings. The second kappa shape index (κ2) is 15.9. The van der Waals surface area contributed by atoms with Crippen LogP contribution in [0.4, 0.5) is 0 Å². The van der Waals surface area contributed by atoms with E-state index in [1.165, 1.54) is 4.31 Å². The standard InChI is InChI=1S/C27H40ClN3O5S/c1-4-14-31(15-5-2)37(34,35)16-13-27(33)30-25(18-21-9-11-23(28)12-10-21)26(32)20-29-19-22-7-6-8-24(17-22)36-3/h6-12,17,25-26,29,32H,4-5,13-16,18-20H2,1-3H3,(H,30,33)/t25-,26+/m0/s1. The first-order chi connectivity index (χ1) is 17.7. The lowest BCUT2D eigenvalue weighted by Gasteiger charge is -2.25. The highest BCUT2D eigenvalue weighted by atomic mass is 35.5. The maximum Gasteiger partial charge on any atom is 0.221 e. The minimum atomic E-state index is -3.54. The van der Waals surface area contributed by atoms with Crippen molar-refractivity contribution in [3.05, 3.63) is 64.7 Å². The first-order valence-corrected chi connectivity index (χ1v) is 14.7. The molecule has 0 radical (unpaired) electrons. The average Bonchev–Trinajstić information content (AvgIpc) is 2.88. The molecular weight excluding hydrogens is 514 g/mol. The van der Waals surface area contributed by atoms with Crippen molar-refractivity contribution in [2.24, 2.45) is 0 Å². The first kappa shape index (κ1) is 31.1. The third-order valence-electron chi connectivity index (χ3n) is 5.92. The van der Waals surface area contributed by atoms with Gasteiger partial charge in [-0.05, 0) is 54.7 Å². The Hall–Kier alpha value is -2.17. The van der Waals surface area contributed by atoms with Crippen LogP contribution < -0.4 is 15.4 Å². The number of carbonyl (C=O) groups excluding carboxylic acids is 1. The van der Waals surface area contributed by atoms with Gasteiger partial charge < -0.3 is 20.5 Å². The minimum absolute atomic E-state index is 0.173. The van der Waals surface area contributed by atoms with E-state index in [1.54, 1.807) is 19.2 Å². The molecule has 2 rings (SSSR count). The lowest BCUT2D eigenvalue weighted by Crippen LogP contribution is -2.49. The lowest BCUT2D eigenvalue weighted by atomic mass is 10.0. The second-order valence-electron chi connectivity index (χ2n) is 9.02. The summed E-state index contributed by atoms with van der Waals surface area (Å²) in [5, 5.41) is 17.6. The number of halogens is 1. The zero-order valence-electron chi connectivity index (χ0n) is 22.0. The number of methoxy groups -OCH3 is 1. The summed E-state index contributed by atoms with van der Waals surface area (Å²) in [6.45, 7) is 5.48. The molecule has 0 saturated heterocycles. The summed E-state index contributed by atoms with van der Waals surface area (Å²) in [7, 11) is -1.93. The van der Waals surface area contributed by atoms with Gasteiger partial charge in [0.1, 0.15) is 5.75 Å². The van der Waals surface area contributed by atoms with Crippen LogP contribution >= 0.6 is 11.6 Å². The van der Waals surface area contributed by atoms with Crippen molar-refractivity contribution in [1.29, 1.82) is 0 Å². The van der Waals surface area contributed by atoms with E-state index in [4.69, 9.17) is 16.3 Å². The number of aliphatic hydroxyl groups is 1. The minimum Gasteiger partial charge on any atom is -0.497 e. The molecule has 0 bridgehead atoms. The number of nitrogens with one attached hydrogen (secondary N) is 2. The van der Waals surface area contributed by atoms with Crippen molar-refractivity contribution in [3.63, 3.8) is 0 Å². The molecule has 10 heteroatoms. The van der Waals surface area contributed by atoms with E-state index in [1.807, 2.05) is 50.2 Å². The van der Waals surface area contributed by atoms with Gasteiger partial charge in [0.15, 0.2) is 0 Å². The summed E-state index contributed by atoms with van der Waals surface area (Å²) in [5.74, 6) is 0.0675. The summed E-state index contributed by atoms with van der Waals surface area (Å²) in [4.78, 5) is 12.8. The molecule has 3 N–H and O–H groups in total. The Morgan fingerprint density at radius 2 is 1.76 bits per heavy atom. The monoisotopic (exact) mass is 553 g/mol. The Balaban J connectivity index is 2.02. The average molecular weight is 554 g/mol. The van der Waals surface area contributed by atoms with Crippen LogP contribution in [0.15, 0.2) is 48.5 Å². The second-order valence-corrected chi connectivity index (χ2v) is 11.5. The highest BCUT2D eigenvalue weighted by molar-refractivity contribution is 7.89. The smallest absolute Gasteiger partial charge is 0.221 e. The van der Waals surface area contributed by atoms with Gasteiger partial charge in [0.25, 0.3) is 0 Å². The Labute approximate surface area is 226 Å². The highest BCUT2D eigenvalue weighted by Gasteiger charge is 2.25. The maximum atomic E-state index is 12.8. The Morgan fingerprint density at radius 1 is 1.08 bits per heavy atom. The van der Waals surface area contributed by atoms with Crippen LogP contribution in [0.2, 0.25) is 5.02 Å². The number of carbonyl (C=O) groups is 1. The SMILES string of the molecule is CCCN(CCC)S(=O)(=O)CCC(=O)N[C@@H](Cc1ccc(Cl)cc1)[C@H](O)CNCc1cccc(OC)c1. The normalized spacial score (nSPS) is 13.4. The van der Waals surface area contributed by atoms with Crippen LogP contribution in [0.5, 0.6) is 5.75 Å². The van der Waals surface area contributed by atoms with Crippen LogP contribution in [-0.4, -0.2) is 68.4 Å². The lowest BCUT2D eigenvalue weighted by molar-refractivity contribution is -0.122. The van der Waals surface area contributed by atoms with E-state index in [0.717, 1.165) is 16.9 Å². The van der Waals surface area contributed by atoms with Gasteiger partial charge in [-0.1, -0.05) is 49.7 Å². The number of rotatable bonds is 17. The molecular formula is C27H40ClN3O5S. The zero-order valence-corrected chi connectivity index (χ0v) is 23.5. The molecule has 2 aromatic carbocycles. The van der Waals surface area contributed by atoms with Crippen molar-refractivity contribution in [1.82, 2.24) is 14.9 Å². The molecule has 2 aromatic rings. The molecule has 1 amide bonds. The van der Waals surface area contributed by atoms with Gasteiger partial charge in [-0.2, -0.15) is 0 Å². The predicted molar refractivity (Wildman–Crippen MR) is 148 cm³/mol. The van der Waals surface area contributed by atoms with Gasteiger partial charge in [-0.15, -0.1) is 0 Å². The number of aliphatic hydroxyl groups excluding tert-OH is 1. The molecule has 0 aliphatic rings. The maximum absolute atomic E-state index is 12.8. The van der Waals surface area contributed by atoms with E-state index in [2.05, 4.69) is 10.6 Å². The van der Waals surface area contributed by atoms with Crippen LogP contribution in [0, 0.1) is 0 Å². The van der Waals surface area contributed by atoms with Gasteiger partial charge in [0, 0.05) is 37.6 Å². The van der Waals surface area contributed by atoms with Crippen molar-refractivity contribution < 1.29 is 23.1 Å². The van der Waals surface area contributed by atoms with Crippen molar-refractivity contribution in [2.75, 3.05) is 32.5 Å². The van der Waals surface area contributed by atoms with Gasteiger partial charge in [0.2, 0.25) is 15.9 Å². The van der Waals surface area contributed by atoms with E-state index in [9.17, 15) is 18.3 Å². The molecule has 37 heavy (non-hydrogen) atoms. The molecule has 0 spiro atoms. The third-order valence-corrected chi connectivity index (χ3v) is 8.05. The van der Waals surface area contributed by atoms with Crippen LogP contribution in [0.3, 0.4) is 0 Å². The zero-order chi connectivity index (χ0) is 27.3. The van der Waals surface area contributed by atoms with Gasteiger partial charge in [-0.3, -0.25) is 4.79 Å². The van der Waals surface area contributed by atoms with E-state index < -0.39 is 28.1 Å². The molecule has 0 unspecified atom stereocenters. The highest BCUT2D eigenvalue weighted by Crippen LogP contribution is 2.14. The predicted octanol–water partition coefficient (Wildman–Crippen LogP) is 3.37. The topological polar surface area (TPSA) is 108 Å². The van der Waals surface area contributed by atoms with Crippen molar-refractivity contribution in [3.8, 4) is 5.75 Å². The molecule has 0 aliphatic carbocycles. The summed E-state index contributed by atoms with van der Waals surface area (Å²) < 4.78 is 32.2. The molecule has 2 atom stereocenters. The number of hydrogen-bond donors (Lipinski definition) is 3. The fourth-order valence-corrected chi connectivity index (χ4v) is 5.71. The van der Waals surface area contributed by atoms with Crippen LogP contribution in [0.1, 0.15) is 44.2 Å². The number of ether oxygens (including phenoxy) is 1. The van der Waals surface area contributed by atoms with E-state index in [-0.39, 0.29) is 18.7 Å². The van der Waals surface area contributed by atoms with Crippen LogP contribution in [0.25, 0.3) is 0 Å². The number of amides is 1. The number of nitrogens with zero attached hydrogens (tertiary/aromatic N) is 1. The fraction of sp³-hybridized carbons (Fsp3) is 0.519. The van der Waals surface area contributed by atoms with E-state index >= 15 is 0 Å². The number of sulfonamides is 1. The van der Waals surface area contributed by atoms with Crippen LogP contribution in [-0.2, 0) is 27.8 Å². The molecule has 206 valence electrons. The first-order valence-electron chi connectivity index (χ1n) is 12.7. The fourth-order valence-electron chi connectivity index (χ4n) is 3.97. The molecule has 0 aliphatic heterocycles. The van der Waals surface area contributed by atoms with Gasteiger partial charge in [0.05, 0.1) is 25.0 Å². The van der Waals surface area contributed by atoms with Crippen molar-refractivity contribution in [2.45, 2.75) is 58.2 Å². The van der Waals surface area contributed by atoms with E-state index in [0.29, 0.717) is 43.9 Å². The summed E-state index contributed by atoms with van der Waals surface area (Å²) in [6, 6.07) is 14.2. The Bertz CT molecular complexity index is 1060. The quantitative estimate of drug-likeness (QED) is 0.277. The molecule has 0 saturated carbocycles. The number of hydrogen-bond acceptors (Lipinski definition) is 6. The molecule has 0 aromatic heterocycles. The summed E-state index contributed by atoms with van der Waals surface area (Å²) in [5.41, 5.74) is 1.89. The summed E-state index contributed by atoms with van der Waals surface area (Å²) in [6.07, 6.45) is 0.717. The third kappa shape index (κ3) is 11.0. The Kier molecular flexibility index (Phi) is 13.4.